The Morgan fingerprint density at radius 2 is 1.79 bits per heavy atom. The SMILES string of the molecule is CCOc1cc(/C=N\NC(=O)c2ccc(-c3csc(Nc4ccc(Cl)cc4)n3)cc2)cc(Br)c1OCc1ccc(F)cc1. The van der Waals surface area contributed by atoms with Gasteiger partial charge in [0, 0.05) is 27.2 Å². The van der Waals surface area contributed by atoms with Gasteiger partial charge in [0.2, 0.25) is 0 Å². The molecule has 5 aromatic rings. The third-order valence-electron chi connectivity index (χ3n) is 6.05. The van der Waals surface area contributed by atoms with E-state index in [0.29, 0.717) is 38.7 Å². The number of aromatic nitrogens is 1. The number of amides is 1. The maximum Gasteiger partial charge on any atom is 0.271 e. The van der Waals surface area contributed by atoms with Crippen molar-refractivity contribution in [1.82, 2.24) is 10.4 Å². The van der Waals surface area contributed by atoms with Crippen molar-refractivity contribution in [2.75, 3.05) is 11.9 Å². The summed E-state index contributed by atoms with van der Waals surface area (Å²) in [7, 11) is 0. The van der Waals surface area contributed by atoms with E-state index in [4.69, 9.17) is 21.1 Å². The molecule has 0 saturated heterocycles. The Bertz CT molecular complexity index is 1730. The van der Waals surface area contributed by atoms with Crippen molar-refractivity contribution in [3.8, 4) is 22.8 Å². The number of ether oxygens (including phenoxy) is 2. The molecule has 4 aromatic carbocycles. The van der Waals surface area contributed by atoms with Crippen LogP contribution in [0.3, 0.4) is 0 Å². The smallest absolute Gasteiger partial charge is 0.271 e. The molecule has 1 heterocycles. The predicted octanol–water partition coefficient (Wildman–Crippen LogP) is 8.85. The second kappa shape index (κ2) is 14.3. The zero-order valence-corrected chi connectivity index (χ0v) is 26.0. The molecule has 0 unspecified atom stereocenters. The average molecular weight is 680 g/mol. The van der Waals surface area contributed by atoms with Gasteiger partial charge in [-0.05, 0) is 94.6 Å². The van der Waals surface area contributed by atoms with E-state index in [9.17, 15) is 9.18 Å². The number of hydrogen-bond acceptors (Lipinski definition) is 7. The first-order valence-corrected chi connectivity index (χ1v) is 15.2. The summed E-state index contributed by atoms with van der Waals surface area (Å²) in [5.41, 5.74) is 7.10. The van der Waals surface area contributed by atoms with E-state index >= 15 is 0 Å². The third-order valence-corrected chi connectivity index (χ3v) is 7.65. The molecule has 0 aliphatic rings. The van der Waals surface area contributed by atoms with Crippen LogP contribution >= 0.6 is 38.9 Å². The molecule has 7 nitrogen and oxygen atoms in total. The first-order valence-electron chi connectivity index (χ1n) is 13.1. The van der Waals surface area contributed by atoms with Gasteiger partial charge in [-0.1, -0.05) is 35.9 Å². The number of rotatable bonds is 11. The van der Waals surface area contributed by atoms with Crippen molar-refractivity contribution in [2.24, 2.45) is 5.10 Å². The molecular weight excluding hydrogens is 655 g/mol. The number of thiazole rings is 1. The van der Waals surface area contributed by atoms with Crippen molar-refractivity contribution in [3.05, 3.63) is 122 Å². The van der Waals surface area contributed by atoms with Gasteiger partial charge in [0.15, 0.2) is 16.6 Å². The Kier molecular flexibility index (Phi) is 10.0. The van der Waals surface area contributed by atoms with Crippen molar-refractivity contribution < 1.29 is 18.7 Å². The van der Waals surface area contributed by atoms with Crippen LogP contribution in [0.5, 0.6) is 11.5 Å². The van der Waals surface area contributed by atoms with Crippen LogP contribution in [0.15, 0.2) is 99.9 Å². The minimum absolute atomic E-state index is 0.241. The second-order valence-corrected chi connectivity index (χ2v) is 11.3. The number of carbonyl (C=O) groups is 1. The zero-order valence-electron chi connectivity index (χ0n) is 22.8. The van der Waals surface area contributed by atoms with Crippen LogP contribution in [-0.2, 0) is 6.61 Å². The van der Waals surface area contributed by atoms with E-state index in [2.05, 4.69) is 36.8 Å². The van der Waals surface area contributed by atoms with Crippen LogP contribution < -0.4 is 20.2 Å². The van der Waals surface area contributed by atoms with Gasteiger partial charge in [0.25, 0.3) is 5.91 Å². The summed E-state index contributed by atoms with van der Waals surface area (Å²) < 4.78 is 25.6. The van der Waals surface area contributed by atoms with Crippen LogP contribution in [-0.4, -0.2) is 23.7 Å². The highest BCUT2D eigenvalue weighted by Crippen LogP contribution is 2.37. The summed E-state index contributed by atoms with van der Waals surface area (Å²) in [5, 5.41) is 10.7. The standard InChI is InChI=1S/C32H25BrClFN4O3S/c1-2-41-29-16-21(15-27(33)30(29)42-18-20-3-11-25(35)12-4-20)17-36-39-31(40)23-7-5-22(6-8-23)28-19-43-32(38-28)37-26-13-9-24(34)10-14-26/h3-17,19H,2,18H2,1H3,(H,37,38)(H,39,40)/b36-17-. The number of nitrogens with zero attached hydrogens (tertiary/aromatic N) is 2. The number of nitrogens with one attached hydrogen (secondary N) is 2. The molecule has 0 bridgehead atoms. The van der Waals surface area contributed by atoms with Crippen molar-refractivity contribution in [1.29, 1.82) is 0 Å². The van der Waals surface area contributed by atoms with Crippen molar-refractivity contribution in [3.63, 3.8) is 0 Å². The molecular formula is C32H25BrClFN4O3S. The predicted molar refractivity (Wildman–Crippen MR) is 173 cm³/mol. The van der Waals surface area contributed by atoms with Gasteiger partial charge in [0.05, 0.1) is 23.0 Å². The Balaban J connectivity index is 1.19. The lowest BCUT2D eigenvalue weighted by Crippen LogP contribution is -2.17. The highest BCUT2D eigenvalue weighted by molar-refractivity contribution is 9.10. The molecule has 0 atom stereocenters. The molecule has 2 N–H and O–H groups in total. The number of anilines is 2. The van der Waals surface area contributed by atoms with Gasteiger partial charge in [-0.25, -0.2) is 14.8 Å². The number of hydrogen-bond donors (Lipinski definition) is 2. The minimum Gasteiger partial charge on any atom is -0.490 e. The van der Waals surface area contributed by atoms with Gasteiger partial charge < -0.3 is 14.8 Å². The molecule has 0 saturated carbocycles. The van der Waals surface area contributed by atoms with Gasteiger partial charge in [-0.3, -0.25) is 4.79 Å². The summed E-state index contributed by atoms with van der Waals surface area (Å²) in [6, 6.07) is 24.2. The van der Waals surface area contributed by atoms with Gasteiger partial charge in [-0.2, -0.15) is 5.10 Å². The van der Waals surface area contributed by atoms with Crippen LogP contribution in [0, 0.1) is 5.82 Å². The molecule has 218 valence electrons. The molecule has 1 aromatic heterocycles. The summed E-state index contributed by atoms with van der Waals surface area (Å²) in [4.78, 5) is 17.3. The summed E-state index contributed by atoms with van der Waals surface area (Å²) in [6.07, 6.45) is 1.52. The maximum absolute atomic E-state index is 13.2. The van der Waals surface area contributed by atoms with Crippen LogP contribution in [0.1, 0.15) is 28.4 Å². The fourth-order valence-electron chi connectivity index (χ4n) is 3.94. The summed E-state index contributed by atoms with van der Waals surface area (Å²) in [5.74, 6) is 0.368. The van der Waals surface area contributed by atoms with E-state index in [1.807, 2.05) is 48.7 Å². The lowest BCUT2D eigenvalue weighted by atomic mass is 10.1. The Hall–Kier alpha value is -4.25. The second-order valence-electron chi connectivity index (χ2n) is 9.12. The van der Waals surface area contributed by atoms with Crippen molar-refractivity contribution >= 4 is 61.8 Å². The maximum atomic E-state index is 13.2. The number of halogens is 3. The normalized spacial score (nSPS) is 11.0. The monoisotopic (exact) mass is 678 g/mol. The molecule has 0 fully saturated rings. The summed E-state index contributed by atoms with van der Waals surface area (Å²) >= 11 is 11.0. The zero-order chi connectivity index (χ0) is 30.2. The number of benzene rings is 4. The Labute approximate surface area is 265 Å². The number of hydrazone groups is 1. The quantitative estimate of drug-likeness (QED) is 0.108. The van der Waals surface area contributed by atoms with Gasteiger partial charge in [0.1, 0.15) is 12.4 Å². The van der Waals surface area contributed by atoms with Crippen LogP contribution in [0.25, 0.3) is 11.3 Å². The molecule has 11 heteroatoms. The fraction of sp³-hybridized carbons (Fsp3) is 0.0938. The van der Waals surface area contributed by atoms with Crippen LogP contribution in [0.2, 0.25) is 5.02 Å². The first-order chi connectivity index (χ1) is 20.9. The van der Waals surface area contributed by atoms with E-state index in [0.717, 1.165) is 27.6 Å². The van der Waals surface area contributed by atoms with E-state index in [1.165, 1.54) is 29.7 Å². The molecule has 1 amide bonds. The molecule has 0 spiro atoms. The largest absolute Gasteiger partial charge is 0.490 e. The first kappa shape index (κ1) is 30.2. The highest BCUT2D eigenvalue weighted by atomic mass is 79.9. The Morgan fingerprint density at radius 1 is 1.05 bits per heavy atom. The number of carbonyl (C=O) groups excluding carboxylic acids is 1. The lowest BCUT2D eigenvalue weighted by molar-refractivity contribution is 0.0955. The highest BCUT2D eigenvalue weighted by Gasteiger charge is 2.13. The van der Waals surface area contributed by atoms with Crippen molar-refractivity contribution in [2.45, 2.75) is 13.5 Å². The fourth-order valence-corrected chi connectivity index (χ4v) is 5.38. The van der Waals surface area contributed by atoms with E-state index < -0.39 is 0 Å². The van der Waals surface area contributed by atoms with Crippen LogP contribution in [0.4, 0.5) is 15.2 Å². The molecule has 0 aliphatic heterocycles. The Morgan fingerprint density at radius 3 is 2.51 bits per heavy atom. The lowest BCUT2D eigenvalue weighted by Gasteiger charge is -2.14. The van der Waals surface area contributed by atoms with E-state index in [-0.39, 0.29) is 18.3 Å². The van der Waals surface area contributed by atoms with E-state index in [1.54, 1.807) is 36.4 Å². The topological polar surface area (TPSA) is 84.8 Å². The van der Waals surface area contributed by atoms with Gasteiger partial charge >= 0.3 is 0 Å². The average Bonchev–Trinajstić information content (AvgIpc) is 3.47. The third kappa shape index (κ3) is 8.19. The molecule has 0 radical (unpaired) electrons. The minimum atomic E-state index is -0.352. The van der Waals surface area contributed by atoms with Gasteiger partial charge in [-0.15, -0.1) is 11.3 Å². The summed E-state index contributed by atoms with van der Waals surface area (Å²) in [6.45, 7) is 2.54. The molecule has 5 rings (SSSR count). The molecule has 43 heavy (non-hydrogen) atoms. The molecule has 0 aliphatic carbocycles.